The van der Waals surface area contributed by atoms with Crippen LogP contribution in [0.15, 0.2) is 11.1 Å². The molecule has 1 aliphatic rings. The van der Waals surface area contributed by atoms with Gasteiger partial charge in [0, 0.05) is 11.1 Å². The minimum Gasteiger partial charge on any atom is -1.00 e. The third-order valence-electron chi connectivity index (χ3n) is 3.01. The quantitative estimate of drug-likeness (QED) is 0.625. The highest BCUT2D eigenvalue weighted by Crippen LogP contribution is 2.34. The molecule has 0 spiro atoms. The second kappa shape index (κ2) is 4.84. The van der Waals surface area contributed by atoms with Gasteiger partial charge in [0.1, 0.15) is 16.3 Å². The van der Waals surface area contributed by atoms with Gasteiger partial charge in [-0.25, -0.2) is 9.98 Å². The van der Waals surface area contributed by atoms with E-state index in [2.05, 4.69) is 28.3 Å². The van der Waals surface area contributed by atoms with Crippen LogP contribution in [0.4, 0.5) is 5.69 Å². The van der Waals surface area contributed by atoms with E-state index in [1.54, 1.807) is 11.3 Å². The average Bonchev–Trinajstić information content (AvgIpc) is 2.85. The van der Waals surface area contributed by atoms with Gasteiger partial charge in [-0.3, -0.25) is 5.32 Å². The van der Waals surface area contributed by atoms with E-state index in [0.717, 1.165) is 45.4 Å². The van der Waals surface area contributed by atoms with Gasteiger partial charge in [0.25, 0.3) is 0 Å². The molecule has 96 valence electrons. The van der Waals surface area contributed by atoms with Gasteiger partial charge in [-0.05, 0) is 25.5 Å². The molecule has 3 heterocycles. The lowest BCUT2D eigenvalue weighted by molar-refractivity contribution is -0.526. The summed E-state index contributed by atoms with van der Waals surface area (Å²) in [6.07, 6.45) is 0. The third kappa shape index (κ3) is 1.98. The van der Waals surface area contributed by atoms with Crippen LogP contribution >= 0.6 is 11.3 Å². The Balaban J connectivity index is 0.00000120. The van der Waals surface area contributed by atoms with Gasteiger partial charge in [0.2, 0.25) is 5.84 Å². The molecule has 0 bridgehead atoms. The highest BCUT2D eigenvalue weighted by molar-refractivity contribution is 7.21. The second-order valence-corrected chi connectivity index (χ2v) is 5.36. The maximum Gasteiger partial charge on any atom is 0.239 e. The monoisotopic (exact) mass is 282 g/mol. The minimum atomic E-state index is 0. The Morgan fingerprint density at radius 1 is 1.39 bits per heavy atom. The van der Waals surface area contributed by atoms with Crippen LogP contribution in [0.25, 0.3) is 10.2 Å². The Labute approximate surface area is 116 Å². The van der Waals surface area contributed by atoms with Crippen molar-refractivity contribution in [3.05, 3.63) is 22.2 Å². The summed E-state index contributed by atoms with van der Waals surface area (Å²) in [7, 11) is 0. The lowest BCUT2D eigenvalue weighted by Gasteiger charge is -1.99. The fourth-order valence-electron chi connectivity index (χ4n) is 2.27. The van der Waals surface area contributed by atoms with E-state index >= 15 is 0 Å². The fourth-order valence-corrected chi connectivity index (χ4v) is 3.50. The number of aryl methyl sites for hydroxylation is 2. The molecule has 3 rings (SSSR count). The van der Waals surface area contributed by atoms with Crippen molar-refractivity contribution in [3.63, 3.8) is 0 Å². The SMILES string of the molecule is Cc1cc(C)c2c(N)c(C3=NCC[NH2+]3)sc2n1.[Cl-]. The summed E-state index contributed by atoms with van der Waals surface area (Å²) in [6, 6.07) is 2.08. The Morgan fingerprint density at radius 3 is 2.83 bits per heavy atom. The first-order chi connectivity index (χ1) is 8.16. The Bertz CT molecular complexity index is 633. The average molecular weight is 283 g/mol. The van der Waals surface area contributed by atoms with E-state index in [-0.39, 0.29) is 12.4 Å². The van der Waals surface area contributed by atoms with Crippen molar-refractivity contribution in [2.75, 3.05) is 18.8 Å². The Morgan fingerprint density at radius 2 is 2.17 bits per heavy atom. The van der Waals surface area contributed by atoms with Crippen LogP contribution in [0, 0.1) is 13.8 Å². The van der Waals surface area contributed by atoms with Crippen LogP contribution in [-0.4, -0.2) is 23.9 Å². The number of nitrogens with two attached hydrogens (primary N) is 2. The summed E-state index contributed by atoms with van der Waals surface area (Å²) >= 11 is 1.65. The molecule has 2 aromatic rings. The lowest BCUT2D eigenvalue weighted by atomic mass is 10.1. The first kappa shape index (κ1) is 13.3. The number of nitrogen functional groups attached to an aromatic ring is 1. The van der Waals surface area contributed by atoms with Crippen molar-refractivity contribution >= 4 is 33.1 Å². The second-order valence-electron chi connectivity index (χ2n) is 4.37. The summed E-state index contributed by atoms with van der Waals surface area (Å²) in [6.45, 7) is 6.01. The molecular formula is C12H15ClN4S. The van der Waals surface area contributed by atoms with Gasteiger partial charge >= 0.3 is 0 Å². The lowest BCUT2D eigenvalue weighted by Crippen LogP contribution is -3.00. The molecule has 0 fully saturated rings. The van der Waals surface area contributed by atoms with Crippen LogP contribution in [0.1, 0.15) is 16.1 Å². The predicted molar refractivity (Wildman–Crippen MR) is 71.7 cm³/mol. The maximum atomic E-state index is 6.24. The Kier molecular flexibility index (Phi) is 3.56. The molecule has 0 atom stereocenters. The smallest absolute Gasteiger partial charge is 0.239 e. The first-order valence-electron chi connectivity index (χ1n) is 5.71. The van der Waals surface area contributed by atoms with Gasteiger partial charge in [0.05, 0.1) is 12.2 Å². The number of hydrogen-bond donors (Lipinski definition) is 2. The zero-order valence-corrected chi connectivity index (χ0v) is 11.9. The van der Waals surface area contributed by atoms with Gasteiger partial charge in [-0.1, -0.05) is 0 Å². The summed E-state index contributed by atoms with van der Waals surface area (Å²) < 4.78 is 0. The number of amidine groups is 1. The van der Waals surface area contributed by atoms with Crippen LogP contribution in [0.5, 0.6) is 0 Å². The number of rotatable bonds is 1. The number of pyridine rings is 1. The van der Waals surface area contributed by atoms with Crippen molar-refractivity contribution in [3.8, 4) is 0 Å². The number of quaternary nitrogens is 1. The number of aromatic nitrogens is 1. The fraction of sp³-hybridized carbons (Fsp3) is 0.333. The van der Waals surface area contributed by atoms with Crippen LogP contribution < -0.4 is 23.5 Å². The van der Waals surface area contributed by atoms with Crippen molar-refractivity contribution in [1.82, 2.24) is 4.98 Å². The molecule has 0 radical (unpaired) electrons. The van der Waals surface area contributed by atoms with E-state index in [1.165, 1.54) is 5.56 Å². The highest BCUT2D eigenvalue weighted by atomic mass is 35.5. The highest BCUT2D eigenvalue weighted by Gasteiger charge is 2.22. The maximum absolute atomic E-state index is 6.24. The standard InChI is InChI=1S/C12H14N4S.ClH/c1-6-5-7(2)16-12-8(6)9(13)10(17-12)11-14-3-4-15-11;/h5H,3-4,13H2,1-2H3,(H,14,15);1H. The Hall–Kier alpha value is -1.17. The molecule has 4 N–H and O–H groups in total. The molecular weight excluding hydrogens is 268 g/mol. The predicted octanol–water partition coefficient (Wildman–Crippen LogP) is -2.18. The number of fused-ring (bicyclic) bond motifs is 1. The molecule has 0 saturated carbocycles. The number of anilines is 1. The van der Waals surface area contributed by atoms with Crippen LogP contribution in [0.2, 0.25) is 0 Å². The number of halogens is 1. The molecule has 0 saturated heterocycles. The van der Waals surface area contributed by atoms with Crippen LogP contribution in [0.3, 0.4) is 0 Å². The van der Waals surface area contributed by atoms with Gasteiger partial charge in [-0.2, -0.15) is 0 Å². The summed E-state index contributed by atoms with van der Waals surface area (Å²) in [5, 5.41) is 3.25. The molecule has 2 aromatic heterocycles. The van der Waals surface area contributed by atoms with E-state index < -0.39 is 0 Å². The van der Waals surface area contributed by atoms with Crippen molar-refractivity contribution in [2.24, 2.45) is 4.99 Å². The van der Waals surface area contributed by atoms with E-state index in [0.29, 0.717) is 0 Å². The van der Waals surface area contributed by atoms with Gasteiger partial charge in [-0.15, -0.1) is 11.3 Å². The molecule has 18 heavy (non-hydrogen) atoms. The van der Waals surface area contributed by atoms with Gasteiger partial charge < -0.3 is 18.1 Å². The molecule has 4 nitrogen and oxygen atoms in total. The number of nitrogens with zero attached hydrogens (tertiary/aromatic N) is 2. The number of thiophene rings is 1. The summed E-state index contributed by atoms with van der Waals surface area (Å²) in [5.74, 6) is 1.04. The normalized spacial score (nSPS) is 14.7. The molecule has 0 aromatic carbocycles. The zero-order chi connectivity index (χ0) is 12.0. The zero-order valence-electron chi connectivity index (χ0n) is 10.3. The van der Waals surface area contributed by atoms with E-state index in [9.17, 15) is 0 Å². The summed E-state index contributed by atoms with van der Waals surface area (Å²) in [5.41, 5.74) is 9.32. The van der Waals surface area contributed by atoms with Crippen molar-refractivity contribution < 1.29 is 17.7 Å². The number of aliphatic imine (C=N–C) groups is 1. The van der Waals surface area contributed by atoms with Crippen molar-refractivity contribution in [2.45, 2.75) is 13.8 Å². The van der Waals surface area contributed by atoms with Crippen LogP contribution in [-0.2, 0) is 0 Å². The topological polar surface area (TPSA) is 67.9 Å². The van der Waals surface area contributed by atoms with Crippen molar-refractivity contribution in [1.29, 1.82) is 0 Å². The molecule has 0 unspecified atom stereocenters. The first-order valence-corrected chi connectivity index (χ1v) is 6.52. The van der Waals surface area contributed by atoms with E-state index in [4.69, 9.17) is 5.73 Å². The summed E-state index contributed by atoms with van der Waals surface area (Å²) in [4.78, 5) is 11.1. The largest absolute Gasteiger partial charge is 1.00 e. The molecule has 0 aliphatic carbocycles. The minimum absolute atomic E-state index is 0. The third-order valence-corrected chi connectivity index (χ3v) is 4.13. The molecule has 6 heteroatoms. The molecule has 1 aliphatic heterocycles. The van der Waals surface area contributed by atoms with Gasteiger partial charge in [0.15, 0.2) is 0 Å². The molecule has 0 amide bonds. The van der Waals surface area contributed by atoms with E-state index in [1.807, 2.05) is 6.92 Å². The number of hydrogen-bond acceptors (Lipinski definition) is 4.